The van der Waals surface area contributed by atoms with Gasteiger partial charge in [-0.2, -0.15) is 4.80 Å². The van der Waals surface area contributed by atoms with Gasteiger partial charge in [0.1, 0.15) is 23.8 Å². The lowest BCUT2D eigenvalue weighted by Gasteiger charge is -2.32. The normalized spacial score (nSPS) is 15.2. The van der Waals surface area contributed by atoms with Crippen LogP contribution in [-0.4, -0.2) is 56.9 Å². The summed E-state index contributed by atoms with van der Waals surface area (Å²) >= 11 is 0. The Morgan fingerprint density at radius 3 is 2.58 bits per heavy atom. The summed E-state index contributed by atoms with van der Waals surface area (Å²) in [5.41, 5.74) is 1.49. The van der Waals surface area contributed by atoms with Gasteiger partial charge in [0.05, 0.1) is 7.11 Å². The monoisotopic (exact) mass is 586 g/mol. The predicted octanol–water partition coefficient (Wildman–Crippen LogP) is 4.20. The van der Waals surface area contributed by atoms with Crippen LogP contribution >= 0.6 is 0 Å². The minimum Gasteiger partial charge on any atom is -0.497 e. The maximum absolute atomic E-state index is 14.1. The predicted molar refractivity (Wildman–Crippen MR) is 154 cm³/mol. The summed E-state index contributed by atoms with van der Waals surface area (Å²) in [7, 11) is 1.59. The zero-order valence-corrected chi connectivity index (χ0v) is 24.2. The van der Waals surface area contributed by atoms with E-state index in [0.717, 1.165) is 43.2 Å². The van der Waals surface area contributed by atoms with Crippen molar-refractivity contribution in [3.63, 3.8) is 0 Å². The highest BCUT2D eigenvalue weighted by atomic mass is 16.7. The number of nitrogens with zero attached hydrogens (tertiary/aromatic N) is 5. The van der Waals surface area contributed by atoms with Gasteiger partial charge in [0, 0.05) is 18.2 Å². The Labute approximate surface area is 248 Å². The number of tetrazole rings is 1. The molecule has 3 heterocycles. The Morgan fingerprint density at radius 1 is 1.05 bits per heavy atom. The minimum absolute atomic E-state index is 0.0475. The van der Waals surface area contributed by atoms with Crippen molar-refractivity contribution in [2.45, 2.75) is 64.2 Å². The SMILES string of the molecule is COc1ccc(-c2nnn(CC(=O)N(Cc3ccc4c(c3)OCO4)C(C(=O)NC3CCCCC3)c3ccc(C)o3)n2)cc1. The first-order chi connectivity index (χ1) is 21.0. The van der Waals surface area contributed by atoms with Gasteiger partial charge in [-0.25, -0.2) is 0 Å². The number of aromatic nitrogens is 4. The van der Waals surface area contributed by atoms with Crippen molar-refractivity contribution < 1.29 is 28.2 Å². The van der Waals surface area contributed by atoms with Crippen LogP contribution in [-0.2, 0) is 22.7 Å². The van der Waals surface area contributed by atoms with Crippen LogP contribution in [0.25, 0.3) is 11.4 Å². The molecule has 2 aliphatic rings. The molecule has 1 aliphatic heterocycles. The van der Waals surface area contributed by atoms with Crippen molar-refractivity contribution in [2.24, 2.45) is 0 Å². The second kappa shape index (κ2) is 12.6. The van der Waals surface area contributed by atoms with Crippen LogP contribution in [0.3, 0.4) is 0 Å². The second-order valence-corrected chi connectivity index (χ2v) is 10.8. The molecule has 1 fully saturated rings. The average Bonchev–Trinajstić information content (AvgIpc) is 3.79. The van der Waals surface area contributed by atoms with Crippen molar-refractivity contribution in [3.05, 3.63) is 71.7 Å². The van der Waals surface area contributed by atoms with Gasteiger partial charge in [0.25, 0.3) is 5.91 Å². The molecule has 0 radical (unpaired) electrons. The lowest BCUT2D eigenvalue weighted by molar-refractivity contribution is -0.143. The number of carbonyl (C=O) groups excluding carboxylic acids is 2. The molecule has 1 atom stereocenters. The first kappa shape index (κ1) is 28.3. The van der Waals surface area contributed by atoms with Gasteiger partial charge in [-0.15, -0.1) is 10.2 Å². The highest BCUT2D eigenvalue weighted by molar-refractivity contribution is 5.88. The molecule has 4 aromatic rings. The summed E-state index contributed by atoms with van der Waals surface area (Å²) in [6, 6.07) is 15.3. The maximum Gasteiger partial charge on any atom is 0.250 e. The summed E-state index contributed by atoms with van der Waals surface area (Å²) in [5.74, 6) is 2.64. The van der Waals surface area contributed by atoms with E-state index in [1.807, 2.05) is 31.2 Å². The third-order valence-electron chi connectivity index (χ3n) is 7.73. The zero-order chi connectivity index (χ0) is 29.8. The van der Waals surface area contributed by atoms with E-state index in [0.29, 0.717) is 34.6 Å². The molecule has 224 valence electrons. The number of furan rings is 1. The van der Waals surface area contributed by atoms with Crippen molar-refractivity contribution in [2.75, 3.05) is 13.9 Å². The van der Waals surface area contributed by atoms with Gasteiger partial charge in [-0.05, 0) is 79.1 Å². The number of aryl methyl sites for hydroxylation is 1. The van der Waals surface area contributed by atoms with E-state index < -0.39 is 6.04 Å². The second-order valence-electron chi connectivity index (χ2n) is 10.8. The lowest BCUT2D eigenvalue weighted by atomic mass is 9.95. The van der Waals surface area contributed by atoms with Gasteiger partial charge >= 0.3 is 0 Å². The summed E-state index contributed by atoms with van der Waals surface area (Å²) in [5, 5.41) is 15.9. The van der Waals surface area contributed by atoms with Crippen molar-refractivity contribution in [1.82, 2.24) is 30.4 Å². The summed E-state index contributed by atoms with van der Waals surface area (Å²) in [6.45, 7) is 1.82. The highest BCUT2D eigenvalue weighted by Gasteiger charge is 2.36. The van der Waals surface area contributed by atoms with Crippen LogP contribution in [0.4, 0.5) is 0 Å². The van der Waals surface area contributed by atoms with Crippen LogP contribution in [0, 0.1) is 6.92 Å². The zero-order valence-electron chi connectivity index (χ0n) is 24.2. The molecule has 0 saturated heterocycles. The fourth-order valence-corrected chi connectivity index (χ4v) is 5.49. The van der Waals surface area contributed by atoms with Crippen molar-refractivity contribution in [1.29, 1.82) is 0 Å². The topological polar surface area (TPSA) is 134 Å². The maximum atomic E-state index is 14.1. The van der Waals surface area contributed by atoms with E-state index in [-0.39, 0.29) is 37.7 Å². The Kier molecular flexibility index (Phi) is 8.25. The van der Waals surface area contributed by atoms with E-state index in [4.69, 9.17) is 18.6 Å². The number of amides is 2. The van der Waals surface area contributed by atoms with Crippen molar-refractivity contribution in [3.8, 4) is 28.6 Å². The molecule has 0 spiro atoms. The van der Waals surface area contributed by atoms with Crippen LogP contribution in [0.5, 0.6) is 17.2 Å². The average molecular weight is 587 g/mol. The highest BCUT2D eigenvalue weighted by Crippen LogP contribution is 2.34. The van der Waals surface area contributed by atoms with Gasteiger partial charge in [-0.1, -0.05) is 25.3 Å². The summed E-state index contributed by atoms with van der Waals surface area (Å²) < 4.78 is 22.2. The van der Waals surface area contributed by atoms with E-state index in [1.54, 1.807) is 37.4 Å². The Balaban J connectivity index is 1.30. The molecule has 6 rings (SSSR count). The fourth-order valence-electron chi connectivity index (χ4n) is 5.49. The number of fused-ring (bicyclic) bond motifs is 1. The van der Waals surface area contributed by atoms with E-state index in [1.165, 1.54) is 9.70 Å². The Morgan fingerprint density at radius 2 is 1.84 bits per heavy atom. The smallest absolute Gasteiger partial charge is 0.250 e. The van der Waals surface area contributed by atoms with Crippen LogP contribution in [0.15, 0.2) is 59.0 Å². The van der Waals surface area contributed by atoms with E-state index >= 15 is 0 Å². The number of carbonyl (C=O) groups is 2. The van der Waals surface area contributed by atoms with Gasteiger partial charge in [0.15, 0.2) is 17.5 Å². The van der Waals surface area contributed by atoms with E-state index in [9.17, 15) is 9.59 Å². The largest absolute Gasteiger partial charge is 0.497 e. The molecule has 43 heavy (non-hydrogen) atoms. The number of rotatable bonds is 10. The van der Waals surface area contributed by atoms with Gasteiger partial charge in [0.2, 0.25) is 18.5 Å². The molecule has 2 aromatic carbocycles. The first-order valence-electron chi connectivity index (χ1n) is 14.4. The number of benzene rings is 2. The molecule has 1 unspecified atom stereocenters. The molecule has 0 bridgehead atoms. The molecule has 2 amide bonds. The minimum atomic E-state index is -1.02. The third kappa shape index (κ3) is 6.47. The van der Waals surface area contributed by atoms with Gasteiger partial charge in [-0.3, -0.25) is 9.59 Å². The standard InChI is InChI=1S/C31H34N6O6/c1-20-8-14-26(43-20)29(31(39)32-23-6-4-3-5-7-23)36(17-21-9-15-25-27(16-21)42-19-41-25)28(38)18-37-34-30(33-35-37)22-10-12-24(40-2)13-11-22/h8-16,23,29H,3-7,17-19H2,1-2H3,(H,32,39). The van der Waals surface area contributed by atoms with Crippen LogP contribution < -0.4 is 19.5 Å². The number of methoxy groups -OCH3 is 1. The quantitative estimate of drug-likeness (QED) is 0.290. The first-order valence-corrected chi connectivity index (χ1v) is 14.4. The number of hydrogen-bond acceptors (Lipinski definition) is 9. The molecule has 2 aromatic heterocycles. The molecule has 12 heteroatoms. The molecule has 1 N–H and O–H groups in total. The summed E-state index contributed by atoms with van der Waals surface area (Å²) in [4.78, 5) is 30.8. The molecular weight excluding hydrogens is 552 g/mol. The Bertz CT molecular complexity index is 1580. The number of ether oxygens (including phenoxy) is 3. The molecule has 12 nitrogen and oxygen atoms in total. The fraction of sp³-hybridized carbons (Fsp3) is 0.387. The molecule has 1 saturated carbocycles. The van der Waals surface area contributed by atoms with Crippen LogP contribution in [0.2, 0.25) is 0 Å². The van der Waals surface area contributed by atoms with Gasteiger partial charge < -0.3 is 28.8 Å². The van der Waals surface area contributed by atoms with E-state index in [2.05, 4.69) is 20.7 Å². The number of nitrogens with one attached hydrogen (secondary N) is 1. The lowest BCUT2D eigenvalue weighted by Crippen LogP contribution is -2.47. The molecular formula is C31H34N6O6. The third-order valence-corrected chi connectivity index (χ3v) is 7.73. The number of hydrogen-bond donors (Lipinski definition) is 1. The Hall–Kier alpha value is -4.87. The summed E-state index contributed by atoms with van der Waals surface area (Å²) in [6.07, 6.45) is 5.09. The molecule has 1 aliphatic carbocycles. The van der Waals surface area contributed by atoms with Crippen molar-refractivity contribution >= 4 is 11.8 Å². The van der Waals surface area contributed by atoms with Crippen LogP contribution in [0.1, 0.15) is 55.2 Å².